The van der Waals surface area contributed by atoms with Crippen LogP contribution in [0.25, 0.3) is 27.7 Å². The second-order valence-electron chi connectivity index (χ2n) is 8.94. The molecular weight excluding hydrogens is 457 g/mol. The minimum atomic E-state index is -1.67. The number of aromatic hydroxyl groups is 1. The fraction of sp³-hybridized carbons (Fsp3) is 0.222. The topological polar surface area (TPSA) is 89.4 Å². The number of aromatic nitrogens is 1. The first-order valence-electron chi connectivity index (χ1n) is 11.1. The Labute approximate surface area is 198 Å². The number of nitrogens with zero attached hydrogens (tertiary/aromatic N) is 2. The molecule has 0 spiro atoms. The molecule has 4 aromatic rings. The number of aliphatic hydroxyl groups excluding tert-OH is 1. The molecule has 8 heteroatoms. The molecule has 35 heavy (non-hydrogen) atoms. The third-order valence-electron chi connectivity index (χ3n) is 6.90. The molecule has 0 unspecified atom stereocenters. The van der Waals surface area contributed by atoms with E-state index in [-0.39, 0.29) is 28.9 Å². The van der Waals surface area contributed by atoms with Crippen LogP contribution >= 0.6 is 0 Å². The zero-order chi connectivity index (χ0) is 24.9. The molecule has 1 aliphatic rings. The van der Waals surface area contributed by atoms with Gasteiger partial charge in [0.15, 0.2) is 17.9 Å². The number of rotatable bonds is 5. The molecular formula is C27H21F3N2O3. The van der Waals surface area contributed by atoms with Crippen molar-refractivity contribution in [3.05, 3.63) is 83.3 Å². The molecule has 0 saturated heterocycles. The van der Waals surface area contributed by atoms with Gasteiger partial charge in [0.2, 0.25) is 0 Å². The molecule has 0 radical (unpaired) electrons. The van der Waals surface area contributed by atoms with E-state index >= 15 is 0 Å². The van der Waals surface area contributed by atoms with E-state index < -0.39 is 29.2 Å². The molecule has 178 valence electrons. The average molecular weight is 478 g/mol. The quantitative estimate of drug-likeness (QED) is 0.319. The van der Waals surface area contributed by atoms with Gasteiger partial charge in [-0.05, 0) is 36.6 Å². The Bertz CT molecular complexity index is 1480. The van der Waals surface area contributed by atoms with Crippen LogP contribution in [0.4, 0.5) is 13.2 Å². The maximum atomic E-state index is 14.5. The van der Waals surface area contributed by atoms with E-state index in [9.17, 15) is 33.8 Å². The highest BCUT2D eigenvalue weighted by Crippen LogP contribution is 2.54. The summed E-state index contributed by atoms with van der Waals surface area (Å²) in [7, 11) is 0. The summed E-state index contributed by atoms with van der Waals surface area (Å²) in [6.45, 7) is 0. The van der Waals surface area contributed by atoms with E-state index in [2.05, 4.69) is 6.07 Å². The van der Waals surface area contributed by atoms with Gasteiger partial charge in [-0.25, -0.2) is 13.2 Å². The number of halogens is 3. The van der Waals surface area contributed by atoms with Crippen LogP contribution in [0.5, 0.6) is 5.75 Å². The van der Waals surface area contributed by atoms with Crippen LogP contribution < -0.4 is 0 Å². The van der Waals surface area contributed by atoms with Gasteiger partial charge < -0.3 is 19.9 Å². The van der Waals surface area contributed by atoms with E-state index in [1.165, 1.54) is 24.3 Å². The summed E-state index contributed by atoms with van der Waals surface area (Å²) in [5.41, 5.74) is 1.76. The summed E-state index contributed by atoms with van der Waals surface area (Å²) < 4.78 is 44.3. The molecule has 0 aliphatic heterocycles. The molecule has 0 atom stereocenters. The fourth-order valence-corrected chi connectivity index (χ4v) is 5.11. The van der Waals surface area contributed by atoms with Gasteiger partial charge in [-0.1, -0.05) is 30.7 Å². The van der Waals surface area contributed by atoms with Crippen LogP contribution in [0.3, 0.4) is 0 Å². The Morgan fingerprint density at radius 3 is 2.26 bits per heavy atom. The molecule has 0 bridgehead atoms. The molecule has 1 heterocycles. The maximum Gasteiger partial charge on any atom is 0.178 e. The number of nitriles is 1. The smallest absolute Gasteiger partial charge is 0.178 e. The normalized spacial score (nSPS) is 14.8. The molecule has 3 aromatic carbocycles. The summed E-state index contributed by atoms with van der Waals surface area (Å²) in [5.74, 6) is -3.16. The standard InChI is InChI=1S/C27H21F3N2O3/c28-17-12-21-24(22(33)13-17)23(15-2-4-16(5-3-15)26(34)35)25(27(10-11-31)8-1-9-27)32(21)18-6-7-19(29)20(30)14-18/h2-7,12-14,26,33-35H,1,8-10H2. The Balaban J connectivity index is 1.94. The van der Waals surface area contributed by atoms with E-state index in [1.54, 1.807) is 16.7 Å². The Hall–Kier alpha value is -3.80. The number of aliphatic hydroxyl groups is 2. The van der Waals surface area contributed by atoms with Gasteiger partial charge in [-0.3, -0.25) is 0 Å². The first kappa shape index (κ1) is 23.0. The maximum absolute atomic E-state index is 14.5. The van der Waals surface area contributed by atoms with Crippen molar-refractivity contribution in [3.8, 4) is 28.6 Å². The summed E-state index contributed by atoms with van der Waals surface area (Å²) in [6, 6.07) is 14.1. The van der Waals surface area contributed by atoms with Crippen LogP contribution in [0, 0.1) is 28.8 Å². The lowest BCUT2D eigenvalue weighted by Crippen LogP contribution is -2.36. The van der Waals surface area contributed by atoms with Gasteiger partial charge in [0.05, 0.1) is 17.0 Å². The number of phenolic OH excluding ortho intramolecular Hbond substituents is 1. The summed E-state index contributed by atoms with van der Waals surface area (Å²) in [5, 5.41) is 39.8. The molecule has 3 N–H and O–H groups in total. The van der Waals surface area contributed by atoms with Crippen LogP contribution in [0.15, 0.2) is 54.6 Å². The van der Waals surface area contributed by atoms with Crippen LogP contribution in [-0.4, -0.2) is 19.9 Å². The summed E-state index contributed by atoms with van der Waals surface area (Å²) in [6.07, 6.45) is 0.591. The van der Waals surface area contributed by atoms with Crippen molar-refractivity contribution in [1.29, 1.82) is 5.26 Å². The fourth-order valence-electron chi connectivity index (χ4n) is 5.11. The number of hydrogen-bond donors (Lipinski definition) is 3. The number of hydrogen-bond acceptors (Lipinski definition) is 4. The molecule has 5 nitrogen and oxygen atoms in total. The van der Waals surface area contributed by atoms with Gasteiger partial charge in [0, 0.05) is 46.5 Å². The van der Waals surface area contributed by atoms with Crippen molar-refractivity contribution in [1.82, 2.24) is 4.57 Å². The molecule has 5 rings (SSSR count). The predicted octanol–water partition coefficient (Wildman–Crippen LogP) is 5.74. The lowest BCUT2D eigenvalue weighted by atomic mass is 9.63. The van der Waals surface area contributed by atoms with Crippen molar-refractivity contribution >= 4 is 10.9 Å². The van der Waals surface area contributed by atoms with Crippen molar-refractivity contribution in [2.45, 2.75) is 37.4 Å². The van der Waals surface area contributed by atoms with Crippen LogP contribution in [0.2, 0.25) is 0 Å². The second kappa shape index (κ2) is 8.45. The van der Waals surface area contributed by atoms with E-state index in [4.69, 9.17) is 0 Å². The highest BCUT2D eigenvalue weighted by Gasteiger charge is 2.44. The van der Waals surface area contributed by atoms with Crippen LogP contribution in [0.1, 0.15) is 43.2 Å². The Kier molecular flexibility index (Phi) is 5.55. The van der Waals surface area contributed by atoms with Crippen LogP contribution in [-0.2, 0) is 5.41 Å². The summed E-state index contributed by atoms with van der Waals surface area (Å²) >= 11 is 0. The van der Waals surface area contributed by atoms with Crippen molar-refractivity contribution in [2.75, 3.05) is 0 Å². The van der Waals surface area contributed by atoms with Crippen molar-refractivity contribution in [2.24, 2.45) is 0 Å². The minimum Gasteiger partial charge on any atom is -0.507 e. The third-order valence-corrected chi connectivity index (χ3v) is 6.90. The summed E-state index contributed by atoms with van der Waals surface area (Å²) in [4.78, 5) is 0. The van der Waals surface area contributed by atoms with Crippen molar-refractivity contribution in [3.63, 3.8) is 0 Å². The molecule has 0 amide bonds. The number of phenols is 1. The first-order chi connectivity index (χ1) is 16.8. The Morgan fingerprint density at radius 2 is 1.69 bits per heavy atom. The zero-order valence-corrected chi connectivity index (χ0v) is 18.5. The first-order valence-corrected chi connectivity index (χ1v) is 11.1. The van der Waals surface area contributed by atoms with Gasteiger partial charge in [0.1, 0.15) is 11.6 Å². The Morgan fingerprint density at radius 1 is 0.971 bits per heavy atom. The molecule has 1 fully saturated rings. The van der Waals surface area contributed by atoms with E-state index in [1.807, 2.05) is 0 Å². The molecule has 1 aliphatic carbocycles. The second-order valence-corrected chi connectivity index (χ2v) is 8.94. The SMILES string of the molecule is N#CCC1(c2c(-c3ccc(C(O)O)cc3)c3c(O)cc(F)cc3n2-c2ccc(F)c(F)c2)CCC1. The number of benzene rings is 3. The van der Waals surface area contributed by atoms with Gasteiger partial charge in [-0.15, -0.1) is 0 Å². The van der Waals surface area contributed by atoms with Crippen molar-refractivity contribution < 1.29 is 28.5 Å². The highest BCUT2D eigenvalue weighted by molar-refractivity contribution is 6.03. The largest absolute Gasteiger partial charge is 0.507 e. The molecule has 1 aromatic heterocycles. The lowest BCUT2D eigenvalue weighted by molar-refractivity contribution is -0.0424. The average Bonchev–Trinajstić information content (AvgIpc) is 3.13. The predicted molar refractivity (Wildman–Crippen MR) is 123 cm³/mol. The van der Waals surface area contributed by atoms with E-state index in [0.29, 0.717) is 35.0 Å². The van der Waals surface area contributed by atoms with Gasteiger partial charge >= 0.3 is 0 Å². The lowest BCUT2D eigenvalue weighted by Gasteiger charge is -2.42. The highest BCUT2D eigenvalue weighted by atomic mass is 19.2. The minimum absolute atomic E-state index is 0.136. The van der Waals surface area contributed by atoms with Gasteiger partial charge in [-0.2, -0.15) is 5.26 Å². The monoisotopic (exact) mass is 478 g/mol. The number of fused-ring (bicyclic) bond motifs is 1. The third kappa shape index (κ3) is 3.64. The zero-order valence-electron chi connectivity index (χ0n) is 18.5. The van der Waals surface area contributed by atoms with Gasteiger partial charge in [0.25, 0.3) is 0 Å². The molecule has 1 saturated carbocycles. The van der Waals surface area contributed by atoms with E-state index in [0.717, 1.165) is 24.6 Å².